The molecule has 5 heteroatoms. The van der Waals surface area contributed by atoms with Crippen molar-refractivity contribution >= 4 is 5.91 Å². The van der Waals surface area contributed by atoms with Gasteiger partial charge in [0.15, 0.2) is 6.61 Å². The lowest BCUT2D eigenvalue weighted by Crippen LogP contribution is -2.28. The summed E-state index contributed by atoms with van der Waals surface area (Å²) in [5.74, 6) is 1.02. The van der Waals surface area contributed by atoms with Crippen molar-refractivity contribution < 1.29 is 9.53 Å². The Morgan fingerprint density at radius 2 is 1.96 bits per heavy atom. The molecule has 0 radical (unpaired) electrons. The Morgan fingerprint density at radius 1 is 1.19 bits per heavy atom. The zero-order valence-corrected chi connectivity index (χ0v) is 16.0. The van der Waals surface area contributed by atoms with Crippen LogP contribution in [0.1, 0.15) is 36.5 Å². The average molecular weight is 363 g/mol. The van der Waals surface area contributed by atoms with E-state index in [9.17, 15) is 4.79 Å². The van der Waals surface area contributed by atoms with Crippen LogP contribution in [0.3, 0.4) is 0 Å². The second-order valence-corrected chi connectivity index (χ2v) is 6.87. The molecule has 0 fully saturated rings. The smallest absolute Gasteiger partial charge is 0.258 e. The molecule has 0 aliphatic carbocycles. The third-order valence-electron chi connectivity index (χ3n) is 4.38. The molecule has 5 nitrogen and oxygen atoms in total. The maximum atomic E-state index is 12.1. The molecule has 0 saturated carbocycles. The van der Waals surface area contributed by atoms with Gasteiger partial charge in [-0.2, -0.15) is 5.10 Å². The zero-order valence-electron chi connectivity index (χ0n) is 16.0. The molecule has 0 atom stereocenters. The Bertz CT molecular complexity index is 901. The van der Waals surface area contributed by atoms with Gasteiger partial charge in [-0.3, -0.25) is 4.79 Å². The molecule has 2 aromatic carbocycles. The van der Waals surface area contributed by atoms with Crippen LogP contribution in [0, 0.1) is 6.92 Å². The molecule has 27 heavy (non-hydrogen) atoms. The standard InChI is InChI=1S/C22H25N3O2/c1-16(2)19-10-9-17(3)21(11-19)27-15-22(26)23-12-18-13-24-25(14-18)20-7-5-4-6-8-20/h4-11,13-14,16H,12,15H2,1-3H3,(H,23,26). The van der Waals surface area contributed by atoms with E-state index in [1.807, 2.05) is 55.6 Å². The lowest BCUT2D eigenvalue weighted by molar-refractivity contribution is -0.123. The summed E-state index contributed by atoms with van der Waals surface area (Å²) < 4.78 is 7.51. The number of hydrogen-bond acceptors (Lipinski definition) is 3. The second kappa shape index (κ2) is 8.54. The zero-order chi connectivity index (χ0) is 19.2. The highest BCUT2D eigenvalue weighted by Gasteiger charge is 2.08. The molecule has 0 unspecified atom stereocenters. The van der Waals surface area contributed by atoms with Gasteiger partial charge in [-0.15, -0.1) is 0 Å². The monoisotopic (exact) mass is 363 g/mol. The van der Waals surface area contributed by atoms with Gasteiger partial charge in [-0.25, -0.2) is 4.68 Å². The Hall–Kier alpha value is -3.08. The van der Waals surface area contributed by atoms with Crippen molar-refractivity contribution in [1.82, 2.24) is 15.1 Å². The normalized spacial score (nSPS) is 10.8. The first-order valence-electron chi connectivity index (χ1n) is 9.12. The van der Waals surface area contributed by atoms with E-state index < -0.39 is 0 Å². The number of aryl methyl sites for hydroxylation is 1. The summed E-state index contributed by atoms with van der Waals surface area (Å²) in [7, 11) is 0. The SMILES string of the molecule is Cc1ccc(C(C)C)cc1OCC(=O)NCc1cnn(-c2ccccc2)c1. The highest BCUT2D eigenvalue weighted by Crippen LogP contribution is 2.24. The molecule has 0 bridgehead atoms. The Balaban J connectivity index is 1.52. The molecule has 1 N–H and O–H groups in total. The number of nitrogens with one attached hydrogen (secondary N) is 1. The van der Waals surface area contributed by atoms with Crippen LogP contribution >= 0.6 is 0 Å². The fourth-order valence-electron chi connectivity index (χ4n) is 2.70. The average Bonchev–Trinajstić information content (AvgIpc) is 3.15. The number of rotatable bonds is 7. The number of aromatic nitrogens is 2. The van der Waals surface area contributed by atoms with Gasteiger partial charge in [0.25, 0.3) is 5.91 Å². The fourth-order valence-corrected chi connectivity index (χ4v) is 2.70. The molecular formula is C22H25N3O2. The summed E-state index contributed by atoms with van der Waals surface area (Å²) in [5.41, 5.74) is 4.14. The van der Waals surface area contributed by atoms with E-state index in [4.69, 9.17) is 4.74 Å². The summed E-state index contributed by atoms with van der Waals surface area (Å²) in [6.07, 6.45) is 3.66. The van der Waals surface area contributed by atoms with Gasteiger partial charge in [0.05, 0.1) is 11.9 Å². The van der Waals surface area contributed by atoms with Gasteiger partial charge >= 0.3 is 0 Å². The summed E-state index contributed by atoms with van der Waals surface area (Å²) in [6, 6.07) is 16.0. The van der Waals surface area contributed by atoms with Crippen molar-refractivity contribution in [1.29, 1.82) is 0 Å². The van der Waals surface area contributed by atoms with Crippen LogP contribution in [0.25, 0.3) is 5.69 Å². The minimum Gasteiger partial charge on any atom is -0.483 e. The van der Waals surface area contributed by atoms with Crippen LogP contribution in [0.4, 0.5) is 0 Å². The van der Waals surface area contributed by atoms with E-state index >= 15 is 0 Å². The molecule has 1 heterocycles. The van der Waals surface area contributed by atoms with Crippen molar-refractivity contribution in [2.45, 2.75) is 33.2 Å². The predicted molar refractivity (Wildman–Crippen MR) is 106 cm³/mol. The van der Waals surface area contributed by atoms with Crippen LogP contribution in [0.5, 0.6) is 5.75 Å². The molecule has 0 spiro atoms. The molecule has 0 saturated heterocycles. The Kier molecular flexibility index (Phi) is 5.91. The van der Waals surface area contributed by atoms with Crippen LogP contribution in [-0.2, 0) is 11.3 Å². The van der Waals surface area contributed by atoms with Gasteiger partial charge in [-0.05, 0) is 42.2 Å². The van der Waals surface area contributed by atoms with Gasteiger partial charge in [0, 0.05) is 18.3 Å². The molecule has 0 aliphatic rings. The van der Waals surface area contributed by atoms with E-state index in [1.165, 1.54) is 5.56 Å². The summed E-state index contributed by atoms with van der Waals surface area (Å²) >= 11 is 0. The molecule has 3 rings (SSSR count). The van der Waals surface area contributed by atoms with Crippen molar-refractivity contribution in [3.8, 4) is 11.4 Å². The van der Waals surface area contributed by atoms with Gasteiger partial charge in [-0.1, -0.05) is 44.2 Å². The summed E-state index contributed by atoms with van der Waals surface area (Å²) in [5, 5.41) is 7.20. The molecule has 0 aliphatic heterocycles. The number of amides is 1. The quantitative estimate of drug-likeness (QED) is 0.690. The highest BCUT2D eigenvalue weighted by molar-refractivity contribution is 5.77. The van der Waals surface area contributed by atoms with Crippen LogP contribution in [0.2, 0.25) is 0 Å². The molecule has 3 aromatic rings. The number of ether oxygens (including phenoxy) is 1. The first-order valence-corrected chi connectivity index (χ1v) is 9.12. The van der Waals surface area contributed by atoms with Gasteiger partial charge < -0.3 is 10.1 Å². The number of carbonyl (C=O) groups is 1. The van der Waals surface area contributed by atoms with E-state index in [0.29, 0.717) is 12.5 Å². The predicted octanol–water partition coefficient (Wildman–Crippen LogP) is 4.00. The van der Waals surface area contributed by atoms with Gasteiger partial charge in [0.2, 0.25) is 0 Å². The van der Waals surface area contributed by atoms with Crippen molar-refractivity contribution in [2.75, 3.05) is 6.61 Å². The second-order valence-electron chi connectivity index (χ2n) is 6.87. The number of para-hydroxylation sites is 1. The molecule has 1 aromatic heterocycles. The minimum atomic E-state index is -0.156. The van der Waals surface area contributed by atoms with Crippen LogP contribution < -0.4 is 10.1 Å². The first kappa shape index (κ1) is 18.7. The lowest BCUT2D eigenvalue weighted by Gasteiger charge is -2.12. The summed E-state index contributed by atoms with van der Waals surface area (Å²) in [4.78, 5) is 12.1. The van der Waals surface area contributed by atoms with Crippen LogP contribution in [0.15, 0.2) is 60.9 Å². The molecule has 140 valence electrons. The minimum absolute atomic E-state index is 0.00475. The maximum absolute atomic E-state index is 12.1. The van der Waals surface area contributed by atoms with Crippen molar-refractivity contribution in [2.24, 2.45) is 0 Å². The number of hydrogen-bond donors (Lipinski definition) is 1. The molecular weight excluding hydrogens is 338 g/mol. The molecule has 1 amide bonds. The van der Waals surface area contributed by atoms with Gasteiger partial charge in [0.1, 0.15) is 5.75 Å². The Morgan fingerprint density at radius 3 is 2.70 bits per heavy atom. The van der Waals surface area contributed by atoms with E-state index in [1.54, 1.807) is 10.9 Å². The number of benzene rings is 2. The Labute approximate surface area is 160 Å². The topological polar surface area (TPSA) is 56.1 Å². The van der Waals surface area contributed by atoms with Crippen LogP contribution in [-0.4, -0.2) is 22.3 Å². The number of carbonyl (C=O) groups excluding carboxylic acids is 1. The lowest BCUT2D eigenvalue weighted by atomic mass is 10.0. The van der Waals surface area contributed by atoms with E-state index in [2.05, 4.69) is 30.3 Å². The van der Waals surface area contributed by atoms with Crippen molar-refractivity contribution in [3.63, 3.8) is 0 Å². The fraction of sp³-hybridized carbons (Fsp3) is 0.273. The summed E-state index contributed by atoms with van der Waals surface area (Å²) in [6.45, 7) is 6.66. The third-order valence-corrected chi connectivity index (χ3v) is 4.38. The van der Waals surface area contributed by atoms with Crippen molar-refractivity contribution in [3.05, 3.63) is 77.6 Å². The largest absolute Gasteiger partial charge is 0.483 e. The number of nitrogens with zero attached hydrogens (tertiary/aromatic N) is 2. The first-order chi connectivity index (χ1) is 13.0. The van der Waals surface area contributed by atoms with E-state index in [0.717, 1.165) is 22.6 Å². The highest BCUT2D eigenvalue weighted by atomic mass is 16.5. The third kappa shape index (κ3) is 4.97. The maximum Gasteiger partial charge on any atom is 0.258 e. The van der Waals surface area contributed by atoms with E-state index in [-0.39, 0.29) is 12.5 Å².